The van der Waals surface area contributed by atoms with Crippen LogP contribution in [0, 0.1) is 5.41 Å². The maximum Gasteiger partial charge on any atom is 0.324 e. The quantitative estimate of drug-likeness (QED) is 0.639. The van der Waals surface area contributed by atoms with Crippen molar-refractivity contribution >= 4 is 35.9 Å². The smallest absolute Gasteiger partial charge is 0.324 e. The van der Waals surface area contributed by atoms with Crippen LogP contribution in [0.1, 0.15) is 32.3 Å². The molecule has 0 unspecified atom stereocenters. The zero-order chi connectivity index (χ0) is 17.7. The molecule has 0 aliphatic carbocycles. The van der Waals surface area contributed by atoms with Crippen LogP contribution in [0.15, 0.2) is 24.3 Å². The molecule has 0 aromatic heterocycles. The number of nitrogens with one attached hydrogen (secondary N) is 2. The number of nitrogens with two attached hydrogens (primary N) is 1. The molecule has 0 saturated carbocycles. The van der Waals surface area contributed by atoms with Crippen LogP contribution in [0.5, 0.6) is 0 Å². The van der Waals surface area contributed by atoms with E-state index >= 15 is 0 Å². The number of benzene rings is 1. The van der Waals surface area contributed by atoms with Gasteiger partial charge in [-0.05, 0) is 30.5 Å². The number of amides is 4. The van der Waals surface area contributed by atoms with Crippen LogP contribution < -0.4 is 16.4 Å². The third-order valence-electron chi connectivity index (χ3n) is 4.69. The van der Waals surface area contributed by atoms with Crippen molar-refractivity contribution < 1.29 is 14.4 Å². The molecule has 1 fully saturated rings. The van der Waals surface area contributed by atoms with Crippen LogP contribution in [0.4, 0.5) is 10.5 Å². The van der Waals surface area contributed by atoms with E-state index in [1.807, 2.05) is 19.9 Å². The summed E-state index contributed by atoms with van der Waals surface area (Å²) >= 11 is 0. The molecule has 0 radical (unpaired) electrons. The maximum atomic E-state index is 12.6. The van der Waals surface area contributed by atoms with Crippen LogP contribution in [0.25, 0.3) is 0 Å². The van der Waals surface area contributed by atoms with Crippen LogP contribution >= 0.6 is 12.4 Å². The Morgan fingerprint density at radius 1 is 1.32 bits per heavy atom. The minimum Gasteiger partial charge on any atom is -0.329 e. The van der Waals surface area contributed by atoms with Crippen LogP contribution in [0.3, 0.4) is 0 Å². The Bertz CT molecular complexity index is 622. The van der Waals surface area contributed by atoms with Crippen molar-refractivity contribution in [3.8, 4) is 0 Å². The highest BCUT2D eigenvalue weighted by Gasteiger charge is 2.33. The molecule has 1 heterocycles. The van der Waals surface area contributed by atoms with E-state index in [2.05, 4.69) is 10.6 Å². The molecule has 8 heteroatoms. The average Bonchev–Trinajstić information content (AvgIpc) is 2.89. The molecule has 1 aliphatic heterocycles. The molecular formula is C17H25ClN4O3. The highest BCUT2D eigenvalue weighted by atomic mass is 35.5. The summed E-state index contributed by atoms with van der Waals surface area (Å²) in [5.74, 6) is -0.365. The summed E-state index contributed by atoms with van der Waals surface area (Å²) in [4.78, 5) is 37.0. The first-order valence-corrected chi connectivity index (χ1v) is 8.14. The molecule has 0 atom stereocenters. The van der Waals surface area contributed by atoms with Crippen LogP contribution in [-0.4, -0.2) is 35.8 Å². The van der Waals surface area contributed by atoms with Crippen LogP contribution in [-0.2, 0) is 16.1 Å². The molecular weight excluding hydrogens is 344 g/mol. The van der Waals surface area contributed by atoms with Crippen molar-refractivity contribution in [3.05, 3.63) is 29.8 Å². The second kappa shape index (κ2) is 8.82. The minimum atomic E-state index is -0.583. The number of halogens is 1. The monoisotopic (exact) mass is 368 g/mol. The van der Waals surface area contributed by atoms with Crippen molar-refractivity contribution in [2.75, 3.05) is 18.4 Å². The second-order valence-corrected chi connectivity index (χ2v) is 5.98. The van der Waals surface area contributed by atoms with Crippen molar-refractivity contribution in [1.82, 2.24) is 10.2 Å². The third-order valence-corrected chi connectivity index (χ3v) is 4.69. The lowest BCUT2D eigenvalue weighted by molar-refractivity contribution is -0.126. The zero-order valence-corrected chi connectivity index (χ0v) is 15.3. The van der Waals surface area contributed by atoms with Gasteiger partial charge in [-0.3, -0.25) is 14.5 Å². The molecule has 1 aliphatic rings. The van der Waals surface area contributed by atoms with Gasteiger partial charge < -0.3 is 16.4 Å². The molecule has 7 nitrogen and oxygen atoms in total. The number of nitrogens with zero attached hydrogens (tertiary/aromatic N) is 1. The van der Waals surface area contributed by atoms with Gasteiger partial charge in [0.25, 0.3) is 0 Å². The maximum absolute atomic E-state index is 12.6. The number of rotatable bonds is 7. The van der Waals surface area contributed by atoms with Gasteiger partial charge in [0, 0.05) is 12.2 Å². The Labute approximate surface area is 153 Å². The minimum absolute atomic E-state index is 0. The van der Waals surface area contributed by atoms with E-state index in [0.29, 0.717) is 18.5 Å². The number of carbonyl (C=O) groups is 3. The van der Waals surface area contributed by atoms with Crippen molar-refractivity contribution in [2.45, 2.75) is 33.2 Å². The zero-order valence-electron chi connectivity index (χ0n) is 14.5. The van der Waals surface area contributed by atoms with E-state index in [-0.39, 0.29) is 43.9 Å². The van der Waals surface area contributed by atoms with E-state index in [0.717, 1.165) is 10.5 Å². The average molecular weight is 369 g/mol. The summed E-state index contributed by atoms with van der Waals surface area (Å²) < 4.78 is 0. The van der Waals surface area contributed by atoms with Crippen molar-refractivity contribution in [3.63, 3.8) is 0 Å². The normalized spacial score (nSPS) is 14.1. The van der Waals surface area contributed by atoms with Gasteiger partial charge in [0.05, 0.1) is 18.5 Å². The van der Waals surface area contributed by atoms with Gasteiger partial charge in [-0.1, -0.05) is 26.0 Å². The number of carbonyl (C=O) groups excluding carboxylic acids is 3. The highest BCUT2D eigenvalue weighted by Crippen LogP contribution is 2.27. The number of hydrogen-bond acceptors (Lipinski definition) is 4. The predicted molar refractivity (Wildman–Crippen MR) is 98.3 cm³/mol. The molecule has 138 valence electrons. The van der Waals surface area contributed by atoms with Crippen molar-refractivity contribution in [1.29, 1.82) is 0 Å². The Morgan fingerprint density at radius 2 is 2.00 bits per heavy atom. The summed E-state index contributed by atoms with van der Waals surface area (Å²) in [6, 6.07) is 6.74. The van der Waals surface area contributed by atoms with E-state index in [9.17, 15) is 14.4 Å². The summed E-state index contributed by atoms with van der Waals surface area (Å²) in [6.45, 7) is 4.39. The highest BCUT2D eigenvalue weighted by molar-refractivity contribution is 6.02. The molecule has 1 aromatic rings. The molecule has 4 amide bonds. The standard InChI is InChI=1S/C17H24N4O3.ClH/c1-3-17(4-2,11-18)15(23)20-13-7-5-6-12(8-13)10-21-14(22)9-19-16(21)24;/h5-8H,3-4,9-11,18H2,1-2H3,(H,19,24)(H,20,23);1H. The van der Waals surface area contributed by atoms with Crippen LogP contribution in [0.2, 0.25) is 0 Å². The first-order valence-electron chi connectivity index (χ1n) is 8.14. The summed E-state index contributed by atoms with van der Waals surface area (Å²) in [6.07, 6.45) is 1.32. The topological polar surface area (TPSA) is 105 Å². The van der Waals surface area contributed by atoms with Gasteiger partial charge in [-0.15, -0.1) is 12.4 Å². The summed E-state index contributed by atoms with van der Waals surface area (Å²) in [7, 11) is 0. The number of anilines is 1. The van der Waals surface area contributed by atoms with E-state index in [1.54, 1.807) is 18.2 Å². The fraction of sp³-hybridized carbons (Fsp3) is 0.471. The second-order valence-electron chi connectivity index (χ2n) is 5.98. The fourth-order valence-corrected chi connectivity index (χ4v) is 2.76. The number of hydrogen-bond donors (Lipinski definition) is 3. The van der Waals surface area contributed by atoms with Gasteiger partial charge >= 0.3 is 6.03 Å². The Morgan fingerprint density at radius 3 is 2.52 bits per heavy atom. The number of imide groups is 1. The molecule has 1 aromatic carbocycles. The van der Waals surface area contributed by atoms with Gasteiger partial charge in [0.1, 0.15) is 0 Å². The number of urea groups is 1. The fourth-order valence-electron chi connectivity index (χ4n) is 2.76. The first kappa shape index (κ1) is 20.9. The third kappa shape index (κ3) is 4.49. The molecule has 1 saturated heterocycles. The van der Waals surface area contributed by atoms with E-state index < -0.39 is 11.4 Å². The Hall–Kier alpha value is -2.12. The van der Waals surface area contributed by atoms with Gasteiger partial charge in [-0.25, -0.2) is 4.79 Å². The van der Waals surface area contributed by atoms with E-state index in [1.165, 1.54) is 0 Å². The van der Waals surface area contributed by atoms with Gasteiger partial charge in [0.2, 0.25) is 11.8 Å². The molecule has 0 bridgehead atoms. The molecule has 2 rings (SSSR count). The summed E-state index contributed by atoms with van der Waals surface area (Å²) in [5, 5.41) is 5.38. The van der Waals surface area contributed by atoms with E-state index in [4.69, 9.17) is 5.73 Å². The lowest BCUT2D eigenvalue weighted by Crippen LogP contribution is -2.41. The predicted octanol–water partition coefficient (Wildman–Crippen LogP) is 1.86. The first-order chi connectivity index (χ1) is 11.5. The lowest BCUT2D eigenvalue weighted by atomic mass is 9.81. The molecule has 4 N–H and O–H groups in total. The van der Waals surface area contributed by atoms with Crippen molar-refractivity contribution in [2.24, 2.45) is 11.1 Å². The van der Waals surface area contributed by atoms with Gasteiger partial charge in [0.15, 0.2) is 0 Å². The molecule has 0 spiro atoms. The molecule has 25 heavy (non-hydrogen) atoms. The largest absolute Gasteiger partial charge is 0.329 e. The Kier molecular flexibility index (Phi) is 7.38. The summed E-state index contributed by atoms with van der Waals surface area (Å²) in [5.41, 5.74) is 6.62. The Balaban J connectivity index is 0.00000312. The SMILES string of the molecule is CCC(CC)(CN)C(=O)Nc1cccc(CN2C(=O)CNC2=O)c1.Cl. The van der Waals surface area contributed by atoms with Gasteiger partial charge in [-0.2, -0.15) is 0 Å². The lowest BCUT2D eigenvalue weighted by Gasteiger charge is -2.28.